The molecule has 16 heavy (non-hydrogen) atoms. The van der Waals surface area contributed by atoms with Crippen LogP contribution in [0.25, 0.3) is 0 Å². The lowest BCUT2D eigenvalue weighted by molar-refractivity contribution is 0.0855. The van der Waals surface area contributed by atoms with Crippen LogP contribution in [0.3, 0.4) is 0 Å². The quantitative estimate of drug-likeness (QED) is 0.745. The molecule has 1 aromatic heterocycles. The standard InChI is InChI=1S/C12H21N3O/c1-4-13-11-7-6-8-12(15-11)14-9-10(3)16-5-2/h6-8,10H,4-5,9H2,1-3H3,(H2,13,14,15). The number of aromatic nitrogens is 1. The fraction of sp³-hybridized carbons (Fsp3) is 0.583. The van der Waals surface area contributed by atoms with Crippen LogP contribution in [0.4, 0.5) is 11.6 Å². The van der Waals surface area contributed by atoms with E-state index in [1.54, 1.807) is 0 Å². The number of nitrogens with zero attached hydrogens (tertiary/aromatic N) is 1. The molecule has 0 aliphatic carbocycles. The summed E-state index contributed by atoms with van der Waals surface area (Å²) < 4.78 is 5.44. The summed E-state index contributed by atoms with van der Waals surface area (Å²) in [5.74, 6) is 1.78. The highest BCUT2D eigenvalue weighted by molar-refractivity contribution is 5.44. The van der Waals surface area contributed by atoms with Crippen LogP contribution in [0.1, 0.15) is 20.8 Å². The van der Waals surface area contributed by atoms with Crippen molar-refractivity contribution < 1.29 is 4.74 Å². The van der Waals surface area contributed by atoms with Gasteiger partial charge in [0.25, 0.3) is 0 Å². The average Bonchev–Trinajstić information content (AvgIpc) is 2.28. The van der Waals surface area contributed by atoms with Gasteiger partial charge < -0.3 is 15.4 Å². The molecule has 90 valence electrons. The lowest BCUT2D eigenvalue weighted by atomic mass is 10.4. The first-order valence-electron chi connectivity index (χ1n) is 5.82. The second-order valence-electron chi connectivity index (χ2n) is 3.59. The minimum Gasteiger partial charge on any atom is -0.377 e. The predicted molar refractivity (Wildman–Crippen MR) is 68.0 cm³/mol. The zero-order valence-corrected chi connectivity index (χ0v) is 10.3. The van der Waals surface area contributed by atoms with Crippen LogP contribution in [0.15, 0.2) is 18.2 Å². The largest absolute Gasteiger partial charge is 0.377 e. The Balaban J connectivity index is 2.44. The molecule has 0 radical (unpaired) electrons. The summed E-state index contributed by atoms with van der Waals surface area (Å²) in [6, 6.07) is 5.90. The molecule has 1 aromatic rings. The van der Waals surface area contributed by atoms with Crippen LogP contribution in [0, 0.1) is 0 Å². The average molecular weight is 223 g/mol. The van der Waals surface area contributed by atoms with Crippen molar-refractivity contribution in [2.75, 3.05) is 30.3 Å². The molecule has 0 aliphatic heterocycles. The fourth-order valence-corrected chi connectivity index (χ4v) is 1.40. The Kier molecular flexibility index (Phi) is 5.64. The van der Waals surface area contributed by atoms with E-state index in [1.807, 2.05) is 32.0 Å². The second-order valence-corrected chi connectivity index (χ2v) is 3.59. The molecule has 0 bridgehead atoms. The molecule has 1 unspecified atom stereocenters. The van der Waals surface area contributed by atoms with Crippen LogP contribution in [0.5, 0.6) is 0 Å². The van der Waals surface area contributed by atoms with Crippen LogP contribution < -0.4 is 10.6 Å². The SMILES string of the molecule is CCNc1cccc(NCC(C)OCC)n1. The minimum absolute atomic E-state index is 0.203. The highest BCUT2D eigenvalue weighted by Crippen LogP contribution is 2.08. The number of nitrogens with one attached hydrogen (secondary N) is 2. The number of pyridine rings is 1. The smallest absolute Gasteiger partial charge is 0.128 e. The monoisotopic (exact) mass is 223 g/mol. The van der Waals surface area contributed by atoms with Crippen molar-refractivity contribution in [3.8, 4) is 0 Å². The summed E-state index contributed by atoms with van der Waals surface area (Å²) in [5, 5.41) is 6.43. The molecule has 0 saturated heterocycles. The first kappa shape index (κ1) is 12.8. The summed E-state index contributed by atoms with van der Waals surface area (Å²) in [5.41, 5.74) is 0. The summed E-state index contributed by atoms with van der Waals surface area (Å²) in [6.07, 6.45) is 0.203. The summed E-state index contributed by atoms with van der Waals surface area (Å²) in [6.45, 7) is 8.50. The molecular weight excluding hydrogens is 202 g/mol. The Morgan fingerprint density at radius 2 is 1.94 bits per heavy atom. The van der Waals surface area contributed by atoms with Gasteiger partial charge in [-0.1, -0.05) is 6.07 Å². The van der Waals surface area contributed by atoms with Crippen LogP contribution in [0.2, 0.25) is 0 Å². The number of hydrogen-bond acceptors (Lipinski definition) is 4. The Hall–Kier alpha value is -1.29. The van der Waals surface area contributed by atoms with Crippen LogP contribution in [-0.4, -0.2) is 30.8 Å². The van der Waals surface area contributed by atoms with E-state index in [2.05, 4.69) is 22.5 Å². The maximum Gasteiger partial charge on any atom is 0.128 e. The van der Waals surface area contributed by atoms with E-state index in [9.17, 15) is 0 Å². The van der Waals surface area contributed by atoms with Gasteiger partial charge in [-0.2, -0.15) is 0 Å². The van der Waals surface area contributed by atoms with Crippen LogP contribution in [-0.2, 0) is 4.74 Å². The number of anilines is 2. The van der Waals surface area contributed by atoms with Crippen molar-refractivity contribution in [2.24, 2.45) is 0 Å². The van der Waals surface area contributed by atoms with E-state index >= 15 is 0 Å². The highest BCUT2D eigenvalue weighted by atomic mass is 16.5. The third-order valence-corrected chi connectivity index (χ3v) is 2.13. The third kappa shape index (κ3) is 4.49. The molecule has 0 saturated carbocycles. The predicted octanol–water partition coefficient (Wildman–Crippen LogP) is 2.35. The Labute approximate surface area is 97.4 Å². The van der Waals surface area contributed by atoms with E-state index in [4.69, 9.17) is 4.74 Å². The molecule has 0 aromatic carbocycles. The van der Waals surface area contributed by atoms with Gasteiger partial charge in [-0.05, 0) is 32.9 Å². The Morgan fingerprint density at radius 1 is 1.25 bits per heavy atom. The van der Waals surface area contributed by atoms with E-state index in [0.717, 1.165) is 31.3 Å². The molecule has 2 N–H and O–H groups in total. The molecule has 0 fully saturated rings. The zero-order valence-electron chi connectivity index (χ0n) is 10.3. The first-order chi connectivity index (χ1) is 7.76. The van der Waals surface area contributed by atoms with E-state index in [1.165, 1.54) is 0 Å². The summed E-state index contributed by atoms with van der Waals surface area (Å²) in [7, 11) is 0. The maximum atomic E-state index is 5.44. The summed E-state index contributed by atoms with van der Waals surface area (Å²) >= 11 is 0. The van der Waals surface area contributed by atoms with Crippen molar-refractivity contribution >= 4 is 11.6 Å². The number of ether oxygens (including phenoxy) is 1. The van der Waals surface area contributed by atoms with Crippen molar-refractivity contribution in [2.45, 2.75) is 26.9 Å². The fourth-order valence-electron chi connectivity index (χ4n) is 1.40. The third-order valence-electron chi connectivity index (χ3n) is 2.13. The van der Waals surface area contributed by atoms with Gasteiger partial charge in [0.2, 0.25) is 0 Å². The normalized spacial score (nSPS) is 12.2. The molecule has 4 nitrogen and oxygen atoms in total. The number of hydrogen-bond donors (Lipinski definition) is 2. The molecule has 0 spiro atoms. The number of rotatable bonds is 7. The molecule has 1 heterocycles. The molecular formula is C12H21N3O. The Bertz CT molecular complexity index is 304. The molecule has 4 heteroatoms. The van der Waals surface area contributed by atoms with E-state index in [0.29, 0.717) is 0 Å². The lowest BCUT2D eigenvalue weighted by Crippen LogP contribution is -2.20. The molecule has 1 atom stereocenters. The minimum atomic E-state index is 0.203. The van der Waals surface area contributed by atoms with E-state index < -0.39 is 0 Å². The van der Waals surface area contributed by atoms with Gasteiger partial charge in [-0.15, -0.1) is 0 Å². The first-order valence-corrected chi connectivity index (χ1v) is 5.82. The van der Waals surface area contributed by atoms with Gasteiger partial charge >= 0.3 is 0 Å². The molecule has 0 aliphatic rings. The van der Waals surface area contributed by atoms with Gasteiger partial charge in [0.05, 0.1) is 6.10 Å². The topological polar surface area (TPSA) is 46.2 Å². The highest BCUT2D eigenvalue weighted by Gasteiger charge is 2.01. The zero-order chi connectivity index (χ0) is 11.8. The lowest BCUT2D eigenvalue weighted by Gasteiger charge is -2.13. The van der Waals surface area contributed by atoms with Gasteiger partial charge in [0.1, 0.15) is 11.6 Å². The van der Waals surface area contributed by atoms with Gasteiger partial charge in [-0.3, -0.25) is 0 Å². The van der Waals surface area contributed by atoms with Crippen molar-refractivity contribution in [3.05, 3.63) is 18.2 Å². The maximum absolute atomic E-state index is 5.44. The second kappa shape index (κ2) is 7.06. The van der Waals surface area contributed by atoms with E-state index in [-0.39, 0.29) is 6.10 Å². The van der Waals surface area contributed by atoms with Gasteiger partial charge in [0.15, 0.2) is 0 Å². The van der Waals surface area contributed by atoms with Gasteiger partial charge in [0, 0.05) is 19.7 Å². The van der Waals surface area contributed by atoms with Gasteiger partial charge in [-0.25, -0.2) is 4.98 Å². The summed E-state index contributed by atoms with van der Waals surface area (Å²) in [4.78, 5) is 4.42. The van der Waals surface area contributed by atoms with Crippen molar-refractivity contribution in [1.82, 2.24) is 4.98 Å². The molecule has 0 amide bonds. The molecule has 1 rings (SSSR count). The van der Waals surface area contributed by atoms with Crippen molar-refractivity contribution in [3.63, 3.8) is 0 Å². The Morgan fingerprint density at radius 3 is 2.56 bits per heavy atom. The van der Waals surface area contributed by atoms with Crippen LogP contribution >= 0.6 is 0 Å². The van der Waals surface area contributed by atoms with Crippen molar-refractivity contribution in [1.29, 1.82) is 0 Å².